The van der Waals surface area contributed by atoms with Gasteiger partial charge in [0, 0.05) is 18.6 Å². The number of methoxy groups -OCH3 is 2. The number of alkyl halides is 2. The van der Waals surface area contributed by atoms with Crippen molar-refractivity contribution < 1.29 is 18.3 Å². The van der Waals surface area contributed by atoms with Crippen LogP contribution >= 0.6 is 0 Å². The largest absolute Gasteiger partial charge is 0.497 e. The normalized spacial score (nSPS) is 11.2. The molecular weight excluding hydrogens is 190 g/mol. The molecule has 0 N–H and O–H groups in total. The van der Waals surface area contributed by atoms with E-state index in [1.807, 2.05) is 0 Å². The van der Waals surface area contributed by atoms with Crippen LogP contribution in [0.1, 0.15) is 12.5 Å². The molecule has 4 heteroatoms. The zero-order chi connectivity index (χ0) is 10.8. The minimum absolute atomic E-state index is 0.117. The molecule has 1 aromatic rings. The standard InChI is InChI=1S/C10H12F2O2/c1-10(11,12)7-4-8(13-2)6-9(5-7)14-3/h4-6H,1-3H3. The minimum Gasteiger partial charge on any atom is -0.497 e. The highest BCUT2D eigenvalue weighted by Crippen LogP contribution is 2.33. The van der Waals surface area contributed by atoms with E-state index >= 15 is 0 Å². The molecule has 0 aliphatic rings. The Morgan fingerprint density at radius 2 is 1.43 bits per heavy atom. The van der Waals surface area contributed by atoms with Crippen molar-refractivity contribution in [2.75, 3.05) is 14.2 Å². The number of ether oxygens (including phenoxy) is 2. The van der Waals surface area contributed by atoms with Gasteiger partial charge < -0.3 is 9.47 Å². The number of hydrogen-bond donors (Lipinski definition) is 0. The summed E-state index contributed by atoms with van der Waals surface area (Å²) in [6.45, 7) is 0.835. The van der Waals surface area contributed by atoms with E-state index in [9.17, 15) is 8.78 Å². The van der Waals surface area contributed by atoms with E-state index in [0.29, 0.717) is 11.5 Å². The maximum absolute atomic E-state index is 13.0. The summed E-state index contributed by atoms with van der Waals surface area (Å²) < 4.78 is 35.7. The summed E-state index contributed by atoms with van der Waals surface area (Å²) in [7, 11) is 2.85. The highest BCUT2D eigenvalue weighted by Gasteiger charge is 2.25. The van der Waals surface area contributed by atoms with Crippen LogP contribution in [-0.2, 0) is 5.92 Å². The third-order valence-electron chi connectivity index (χ3n) is 1.86. The highest BCUT2D eigenvalue weighted by atomic mass is 19.3. The van der Waals surface area contributed by atoms with Crippen molar-refractivity contribution >= 4 is 0 Å². The second-order valence-electron chi connectivity index (χ2n) is 2.99. The maximum atomic E-state index is 13.0. The van der Waals surface area contributed by atoms with E-state index in [1.54, 1.807) is 6.07 Å². The summed E-state index contributed by atoms with van der Waals surface area (Å²) in [5.41, 5.74) is -0.117. The minimum atomic E-state index is -2.89. The van der Waals surface area contributed by atoms with Crippen LogP contribution in [0.3, 0.4) is 0 Å². The van der Waals surface area contributed by atoms with Crippen molar-refractivity contribution in [3.63, 3.8) is 0 Å². The predicted molar refractivity (Wildman–Crippen MR) is 49.1 cm³/mol. The van der Waals surface area contributed by atoms with Gasteiger partial charge in [-0.1, -0.05) is 0 Å². The van der Waals surface area contributed by atoms with Crippen LogP contribution < -0.4 is 9.47 Å². The topological polar surface area (TPSA) is 18.5 Å². The zero-order valence-electron chi connectivity index (χ0n) is 8.30. The molecule has 0 aliphatic carbocycles. The van der Waals surface area contributed by atoms with Crippen LogP contribution in [0.25, 0.3) is 0 Å². The molecule has 0 saturated carbocycles. The van der Waals surface area contributed by atoms with Gasteiger partial charge in [0.2, 0.25) is 0 Å². The van der Waals surface area contributed by atoms with Gasteiger partial charge in [-0.2, -0.15) is 0 Å². The molecule has 0 amide bonds. The van der Waals surface area contributed by atoms with E-state index < -0.39 is 5.92 Å². The first-order chi connectivity index (χ1) is 6.47. The Morgan fingerprint density at radius 1 is 1.00 bits per heavy atom. The van der Waals surface area contributed by atoms with Gasteiger partial charge in [0.1, 0.15) is 11.5 Å². The van der Waals surface area contributed by atoms with Gasteiger partial charge in [-0.3, -0.25) is 0 Å². The summed E-state index contributed by atoms with van der Waals surface area (Å²) in [6, 6.07) is 4.14. The van der Waals surface area contributed by atoms with E-state index in [2.05, 4.69) is 0 Å². The van der Waals surface area contributed by atoms with Crippen LogP contribution in [0.5, 0.6) is 11.5 Å². The second-order valence-corrected chi connectivity index (χ2v) is 2.99. The molecule has 0 aliphatic heterocycles. The van der Waals surface area contributed by atoms with Gasteiger partial charge >= 0.3 is 0 Å². The molecule has 14 heavy (non-hydrogen) atoms. The zero-order valence-corrected chi connectivity index (χ0v) is 8.30. The van der Waals surface area contributed by atoms with Gasteiger partial charge in [-0.25, -0.2) is 8.78 Å². The Bertz CT molecular complexity index is 296. The quantitative estimate of drug-likeness (QED) is 0.750. The lowest BCUT2D eigenvalue weighted by molar-refractivity contribution is 0.0170. The smallest absolute Gasteiger partial charge is 0.270 e. The Hall–Kier alpha value is -1.32. The van der Waals surface area contributed by atoms with Crippen molar-refractivity contribution in [3.05, 3.63) is 23.8 Å². The Kier molecular flexibility index (Phi) is 2.93. The Labute approximate surface area is 81.4 Å². The first kappa shape index (κ1) is 10.8. The third-order valence-corrected chi connectivity index (χ3v) is 1.86. The second kappa shape index (κ2) is 3.82. The molecule has 0 heterocycles. The highest BCUT2D eigenvalue weighted by molar-refractivity contribution is 5.40. The molecule has 0 saturated heterocycles. The number of hydrogen-bond acceptors (Lipinski definition) is 2. The van der Waals surface area contributed by atoms with Crippen LogP contribution in [0, 0.1) is 0 Å². The molecule has 0 bridgehead atoms. The van der Waals surface area contributed by atoms with Crippen molar-refractivity contribution in [2.45, 2.75) is 12.8 Å². The van der Waals surface area contributed by atoms with E-state index in [0.717, 1.165) is 6.92 Å². The Balaban J connectivity index is 3.17. The first-order valence-corrected chi connectivity index (χ1v) is 4.08. The molecule has 0 unspecified atom stereocenters. The van der Waals surface area contributed by atoms with Gasteiger partial charge in [0.25, 0.3) is 5.92 Å². The molecule has 0 fully saturated rings. The van der Waals surface area contributed by atoms with Crippen LogP contribution in [-0.4, -0.2) is 14.2 Å². The summed E-state index contributed by atoms with van der Waals surface area (Å²) in [6.07, 6.45) is 0. The van der Waals surface area contributed by atoms with Crippen LogP contribution in [0.15, 0.2) is 18.2 Å². The summed E-state index contributed by atoms with van der Waals surface area (Å²) in [5, 5.41) is 0. The van der Waals surface area contributed by atoms with Crippen LogP contribution in [0.4, 0.5) is 8.78 Å². The lowest BCUT2D eigenvalue weighted by Crippen LogP contribution is -2.07. The average molecular weight is 202 g/mol. The number of halogens is 2. The Morgan fingerprint density at radius 3 is 1.71 bits per heavy atom. The fraction of sp³-hybridized carbons (Fsp3) is 0.400. The van der Waals surface area contributed by atoms with Gasteiger partial charge in [0.15, 0.2) is 0 Å². The molecule has 1 aromatic carbocycles. The first-order valence-electron chi connectivity index (χ1n) is 4.08. The summed E-state index contributed by atoms with van der Waals surface area (Å²) in [4.78, 5) is 0. The monoisotopic (exact) mass is 202 g/mol. The predicted octanol–water partition coefficient (Wildman–Crippen LogP) is 2.82. The van der Waals surface area contributed by atoms with Crippen molar-refractivity contribution in [1.82, 2.24) is 0 Å². The third kappa shape index (κ3) is 2.34. The molecule has 0 aromatic heterocycles. The molecule has 0 atom stereocenters. The number of rotatable bonds is 3. The summed E-state index contributed by atoms with van der Waals surface area (Å²) in [5.74, 6) is -2.16. The van der Waals surface area contributed by atoms with Gasteiger partial charge in [0.05, 0.1) is 14.2 Å². The van der Waals surface area contributed by atoms with Crippen molar-refractivity contribution in [2.24, 2.45) is 0 Å². The van der Waals surface area contributed by atoms with Crippen molar-refractivity contribution in [3.8, 4) is 11.5 Å². The van der Waals surface area contributed by atoms with Gasteiger partial charge in [-0.05, 0) is 12.1 Å². The number of benzene rings is 1. The lowest BCUT2D eigenvalue weighted by Gasteiger charge is -2.13. The van der Waals surface area contributed by atoms with Gasteiger partial charge in [-0.15, -0.1) is 0 Å². The lowest BCUT2D eigenvalue weighted by atomic mass is 10.1. The maximum Gasteiger partial charge on any atom is 0.270 e. The molecule has 2 nitrogen and oxygen atoms in total. The van der Waals surface area contributed by atoms with Crippen molar-refractivity contribution in [1.29, 1.82) is 0 Å². The molecule has 0 spiro atoms. The van der Waals surface area contributed by atoms with E-state index in [-0.39, 0.29) is 5.56 Å². The molecule has 0 radical (unpaired) electrons. The molecule has 78 valence electrons. The van der Waals surface area contributed by atoms with E-state index in [1.165, 1.54) is 26.4 Å². The van der Waals surface area contributed by atoms with Crippen LogP contribution in [0.2, 0.25) is 0 Å². The molecular formula is C10H12F2O2. The fourth-order valence-corrected chi connectivity index (χ4v) is 1.06. The fourth-order valence-electron chi connectivity index (χ4n) is 1.06. The summed E-state index contributed by atoms with van der Waals surface area (Å²) >= 11 is 0. The average Bonchev–Trinajstić information content (AvgIpc) is 2.15. The van der Waals surface area contributed by atoms with E-state index in [4.69, 9.17) is 9.47 Å². The molecule has 1 rings (SSSR count). The SMILES string of the molecule is COc1cc(OC)cc(C(C)(F)F)c1.